The zero-order valence-corrected chi connectivity index (χ0v) is 11.5. The van der Waals surface area contributed by atoms with E-state index < -0.39 is 17.9 Å². The van der Waals surface area contributed by atoms with Gasteiger partial charge in [-0.05, 0) is 24.3 Å². The molecule has 0 aliphatic rings. The van der Waals surface area contributed by atoms with E-state index >= 15 is 0 Å². The molecule has 4 nitrogen and oxygen atoms in total. The fourth-order valence-corrected chi connectivity index (χ4v) is 1.73. The number of pyridine rings is 1. The molecular formula is C15H11ClFNO3. The Labute approximate surface area is 125 Å². The van der Waals surface area contributed by atoms with Crippen LogP contribution < -0.4 is 4.74 Å². The molecule has 1 atom stereocenters. The summed E-state index contributed by atoms with van der Waals surface area (Å²) >= 11 is 5.60. The van der Waals surface area contributed by atoms with Gasteiger partial charge >= 0.3 is 5.97 Å². The van der Waals surface area contributed by atoms with Crippen LogP contribution in [0.1, 0.15) is 11.7 Å². The summed E-state index contributed by atoms with van der Waals surface area (Å²) < 4.78 is 18.4. The van der Waals surface area contributed by atoms with Gasteiger partial charge in [-0.1, -0.05) is 24.2 Å². The van der Waals surface area contributed by atoms with E-state index in [1.54, 1.807) is 12.1 Å². The molecule has 0 spiro atoms. The minimum absolute atomic E-state index is 0.182. The second kappa shape index (κ2) is 6.47. The molecule has 0 bridgehead atoms. The van der Waals surface area contributed by atoms with Gasteiger partial charge in [0.25, 0.3) is 0 Å². The average Bonchev–Trinajstić information content (AvgIpc) is 2.49. The van der Waals surface area contributed by atoms with Crippen LogP contribution >= 0.6 is 11.6 Å². The second-order valence-corrected chi connectivity index (χ2v) is 4.61. The quantitative estimate of drug-likeness (QED) is 0.536. The van der Waals surface area contributed by atoms with Crippen LogP contribution in [0.4, 0.5) is 4.39 Å². The van der Waals surface area contributed by atoms with E-state index in [4.69, 9.17) is 16.3 Å². The molecule has 0 aliphatic carbocycles. The second-order valence-electron chi connectivity index (χ2n) is 4.18. The summed E-state index contributed by atoms with van der Waals surface area (Å²) in [5.74, 6) is -2.00. The number of hydrogen-bond acceptors (Lipinski definition) is 4. The van der Waals surface area contributed by atoms with Gasteiger partial charge in [0.2, 0.25) is 0 Å². The molecule has 1 unspecified atom stereocenters. The third kappa shape index (κ3) is 3.65. The summed E-state index contributed by atoms with van der Waals surface area (Å²) in [6.07, 6.45) is 1.65. The van der Waals surface area contributed by atoms with Crippen LogP contribution in [0.15, 0.2) is 54.9 Å². The summed E-state index contributed by atoms with van der Waals surface area (Å²) in [4.78, 5) is 15.7. The molecule has 0 saturated carbocycles. The topological polar surface area (TPSA) is 59.4 Å². The van der Waals surface area contributed by atoms with Crippen LogP contribution in [0.2, 0.25) is 5.02 Å². The number of aliphatic hydroxyl groups excluding tert-OH is 1. The molecular weight excluding hydrogens is 297 g/mol. The highest BCUT2D eigenvalue weighted by Crippen LogP contribution is 2.24. The van der Waals surface area contributed by atoms with Crippen LogP contribution in [-0.2, 0) is 4.79 Å². The number of aromatic nitrogens is 1. The standard InChI is InChI=1S/C15H11ClFNO3/c1-9(14(19)10-3-2-6-18-8-10)15(20)21-13-5-4-11(16)7-12(13)17/h2-8,14,19H,1H2. The Kier molecular flexibility index (Phi) is 4.67. The predicted octanol–water partition coefficient (Wildman–Crippen LogP) is 3.07. The van der Waals surface area contributed by atoms with Gasteiger partial charge < -0.3 is 9.84 Å². The minimum Gasteiger partial charge on any atom is -0.420 e. The molecule has 1 aromatic carbocycles. The lowest BCUT2D eigenvalue weighted by molar-refractivity contribution is -0.131. The molecule has 2 rings (SSSR count). The normalized spacial score (nSPS) is 11.8. The molecule has 0 aliphatic heterocycles. The number of benzene rings is 1. The minimum atomic E-state index is -1.28. The molecule has 108 valence electrons. The Bertz CT molecular complexity index is 676. The molecule has 1 N–H and O–H groups in total. The van der Waals surface area contributed by atoms with Gasteiger partial charge in [0.15, 0.2) is 11.6 Å². The first-order valence-electron chi connectivity index (χ1n) is 5.93. The Morgan fingerprint density at radius 1 is 1.43 bits per heavy atom. The Hall–Kier alpha value is -2.24. The maximum Gasteiger partial charge on any atom is 0.341 e. The molecule has 2 aromatic rings. The fraction of sp³-hybridized carbons (Fsp3) is 0.0667. The summed E-state index contributed by atoms with van der Waals surface area (Å²) in [6, 6.07) is 6.81. The molecule has 1 heterocycles. The number of aliphatic hydroxyl groups is 1. The number of carbonyl (C=O) groups is 1. The summed E-state index contributed by atoms with van der Waals surface area (Å²) in [7, 11) is 0. The summed E-state index contributed by atoms with van der Waals surface area (Å²) in [6.45, 7) is 3.47. The van der Waals surface area contributed by atoms with Gasteiger partial charge in [-0.3, -0.25) is 4.98 Å². The summed E-state index contributed by atoms with van der Waals surface area (Å²) in [5.41, 5.74) is 0.161. The van der Waals surface area contributed by atoms with E-state index in [0.29, 0.717) is 5.56 Å². The molecule has 21 heavy (non-hydrogen) atoms. The van der Waals surface area contributed by atoms with E-state index in [-0.39, 0.29) is 16.3 Å². The van der Waals surface area contributed by atoms with Crippen LogP contribution in [-0.4, -0.2) is 16.1 Å². The molecule has 0 amide bonds. The van der Waals surface area contributed by atoms with Gasteiger partial charge in [-0.2, -0.15) is 0 Å². The van der Waals surface area contributed by atoms with Crippen molar-refractivity contribution in [2.75, 3.05) is 0 Å². The Morgan fingerprint density at radius 2 is 2.19 bits per heavy atom. The number of rotatable bonds is 4. The van der Waals surface area contributed by atoms with Crippen molar-refractivity contribution >= 4 is 17.6 Å². The molecule has 1 aromatic heterocycles. The number of hydrogen-bond donors (Lipinski definition) is 1. The van der Waals surface area contributed by atoms with Crippen LogP contribution in [0.3, 0.4) is 0 Å². The first kappa shape index (κ1) is 15.2. The first-order valence-corrected chi connectivity index (χ1v) is 6.31. The highest BCUT2D eigenvalue weighted by Gasteiger charge is 2.21. The van der Waals surface area contributed by atoms with E-state index in [1.807, 2.05) is 0 Å². The van der Waals surface area contributed by atoms with Gasteiger partial charge in [-0.25, -0.2) is 9.18 Å². The maximum atomic E-state index is 13.5. The largest absolute Gasteiger partial charge is 0.420 e. The van der Waals surface area contributed by atoms with Crippen molar-refractivity contribution in [1.82, 2.24) is 4.98 Å². The van der Waals surface area contributed by atoms with Crippen molar-refractivity contribution in [3.05, 3.63) is 71.3 Å². The SMILES string of the molecule is C=C(C(=O)Oc1ccc(Cl)cc1F)C(O)c1cccnc1. The van der Waals surface area contributed by atoms with E-state index in [9.17, 15) is 14.3 Å². The Morgan fingerprint density at radius 3 is 2.81 bits per heavy atom. The fourth-order valence-electron chi connectivity index (χ4n) is 1.57. The van der Waals surface area contributed by atoms with Gasteiger partial charge in [0, 0.05) is 23.0 Å². The number of halogens is 2. The van der Waals surface area contributed by atoms with Crippen molar-refractivity contribution < 1.29 is 19.0 Å². The highest BCUT2D eigenvalue weighted by atomic mass is 35.5. The zero-order chi connectivity index (χ0) is 15.4. The lowest BCUT2D eigenvalue weighted by atomic mass is 10.1. The van der Waals surface area contributed by atoms with Gasteiger partial charge in [-0.15, -0.1) is 0 Å². The van der Waals surface area contributed by atoms with Crippen molar-refractivity contribution in [1.29, 1.82) is 0 Å². The predicted molar refractivity (Wildman–Crippen MR) is 75.4 cm³/mol. The summed E-state index contributed by atoms with van der Waals surface area (Å²) in [5, 5.41) is 10.2. The lowest BCUT2D eigenvalue weighted by Gasteiger charge is -2.13. The molecule has 0 fully saturated rings. The third-order valence-corrected chi connectivity index (χ3v) is 2.92. The smallest absolute Gasteiger partial charge is 0.341 e. The number of esters is 1. The van der Waals surface area contributed by atoms with Gasteiger partial charge in [0.1, 0.15) is 6.10 Å². The first-order chi connectivity index (χ1) is 9.99. The number of ether oxygens (including phenoxy) is 1. The zero-order valence-electron chi connectivity index (χ0n) is 10.8. The van der Waals surface area contributed by atoms with Crippen molar-refractivity contribution in [3.8, 4) is 5.75 Å². The van der Waals surface area contributed by atoms with Gasteiger partial charge in [0.05, 0.1) is 5.57 Å². The van der Waals surface area contributed by atoms with E-state index in [2.05, 4.69) is 11.6 Å². The van der Waals surface area contributed by atoms with E-state index in [0.717, 1.165) is 6.07 Å². The van der Waals surface area contributed by atoms with Crippen LogP contribution in [0, 0.1) is 5.82 Å². The molecule has 6 heteroatoms. The average molecular weight is 308 g/mol. The van der Waals surface area contributed by atoms with Crippen molar-refractivity contribution in [3.63, 3.8) is 0 Å². The van der Waals surface area contributed by atoms with Crippen LogP contribution in [0.5, 0.6) is 5.75 Å². The van der Waals surface area contributed by atoms with Crippen LogP contribution in [0.25, 0.3) is 0 Å². The maximum absolute atomic E-state index is 13.5. The number of nitrogens with zero attached hydrogens (tertiary/aromatic N) is 1. The number of carbonyl (C=O) groups excluding carboxylic acids is 1. The van der Waals surface area contributed by atoms with Crippen molar-refractivity contribution in [2.24, 2.45) is 0 Å². The van der Waals surface area contributed by atoms with Crippen molar-refractivity contribution in [2.45, 2.75) is 6.10 Å². The highest BCUT2D eigenvalue weighted by molar-refractivity contribution is 6.30. The third-order valence-electron chi connectivity index (χ3n) is 2.69. The lowest BCUT2D eigenvalue weighted by Crippen LogP contribution is -2.17. The van der Waals surface area contributed by atoms with E-state index in [1.165, 1.54) is 24.5 Å². The Balaban J connectivity index is 2.11. The molecule has 0 radical (unpaired) electrons. The monoisotopic (exact) mass is 307 g/mol. The molecule has 0 saturated heterocycles.